The molecule has 2 aliphatic heterocycles. The number of piperidine rings is 1. The van der Waals surface area contributed by atoms with Crippen LogP contribution < -0.4 is 5.73 Å². The van der Waals surface area contributed by atoms with Gasteiger partial charge >= 0.3 is 0 Å². The fourth-order valence-electron chi connectivity index (χ4n) is 3.15. The molecule has 3 nitrogen and oxygen atoms in total. The first-order valence-electron chi connectivity index (χ1n) is 6.98. The molecule has 1 atom stereocenters. The van der Waals surface area contributed by atoms with E-state index in [4.69, 9.17) is 10.5 Å². The lowest BCUT2D eigenvalue weighted by molar-refractivity contribution is 0.0893. The number of nitrogens with two attached hydrogens (primary N) is 1. The molecule has 100 valence electrons. The highest BCUT2D eigenvalue weighted by Crippen LogP contribution is 2.34. The summed E-state index contributed by atoms with van der Waals surface area (Å²) in [5, 5.41) is 0. The normalized spacial score (nSPS) is 33.2. The van der Waals surface area contributed by atoms with Crippen molar-refractivity contribution in [2.75, 3.05) is 32.8 Å². The molecule has 2 rings (SSSR count). The third-order valence-electron chi connectivity index (χ3n) is 4.48. The molecule has 0 aliphatic carbocycles. The van der Waals surface area contributed by atoms with Gasteiger partial charge in [0, 0.05) is 13.2 Å². The van der Waals surface area contributed by atoms with Gasteiger partial charge in [0.05, 0.1) is 12.1 Å². The van der Waals surface area contributed by atoms with Gasteiger partial charge < -0.3 is 15.4 Å². The lowest BCUT2D eigenvalue weighted by atomic mass is 9.75. The van der Waals surface area contributed by atoms with Gasteiger partial charge in [-0.15, -0.1) is 0 Å². The second kappa shape index (κ2) is 4.87. The molecule has 1 unspecified atom stereocenters. The molecular weight excluding hydrogens is 212 g/mol. The second-order valence-corrected chi connectivity index (χ2v) is 7.08. The number of hydrogen-bond donors (Lipinski definition) is 1. The number of rotatable bonds is 2. The first-order chi connectivity index (χ1) is 7.89. The molecule has 2 N–H and O–H groups in total. The zero-order valence-electron chi connectivity index (χ0n) is 11.7. The van der Waals surface area contributed by atoms with Crippen molar-refractivity contribution in [3.8, 4) is 0 Å². The summed E-state index contributed by atoms with van der Waals surface area (Å²) in [6.45, 7) is 12.1. The van der Waals surface area contributed by atoms with Gasteiger partial charge in [-0.3, -0.25) is 0 Å². The van der Waals surface area contributed by atoms with Crippen LogP contribution in [0.3, 0.4) is 0 Å². The highest BCUT2D eigenvalue weighted by molar-refractivity contribution is 4.92. The molecular formula is C14H28N2O. The van der Waals surface area contributed by atoms with E-state index < -0.39 is 0 Å². The molecule has 0 amide bonds. The Labute approximate surface area is 106 Å². The van der Waals surface area contributed by atoms with E-state index in [0.29, 0.717) is 5.41 Å². The van der Waals surface area contributed by atoms with Gasteiger partial charge in [-0.2, -0.15) is 0 Å². The minimum Gasteiger partial charge on any atom is -0.379 e. The topological polar surface area (TPSA) is 38.5 Å². The van der Waals surface area contributed by atoms with Gasteiger partial charge in [-0.25, -0.2) is 0 Å². The molecule has 0 aromatic rings. The van der Waals surface area contributed by atoms with Crippen molar-refractivity contribution in [3.05, 3.63) is 0 Å². The lowest BCUT2D eigenvalue weighted by Gasteiger charge is -2.41. The molecule has 0 spiro atoms. The van der Waals surface area contributed by atoms with E-state index in [1.54, 1.807) is 0 Å². The molecule has 0 bridgehead atoms. The largest absolute Gasteiger partial charge is 0.379 e. The number of likely N-dealkylation sites (tertiary alicyclic amines) is 1. The van der Waals surface area contributed by atoms with Crippen LogP contribution in [0.1, 0.15) is 40.0 Å². The molecule has 2 fully saturated rings. The van der Waals surface area contributed by atoms with E-state index in [1.807, 2.05) is 0 Å². The van der Waals surface area contributed by atoms with Crippen LogP contribution in [0.2, 0.25) is 0 Å². The predicted octanol–water partition coefficient (Wildman–Crippen LogP) is 1.86. The van der Waals surface area contributed by atoms with Crippen LogP contribution in [0.15, 0.2) is 0 Å². The SMILES string of the molecule is CC(C)(C)C1CCN(CC2(N)CCOC2)CC1. The maximum atomic E-state index is 6.34. The summed E-state index contributed by atoms with van der Waals surface area (Å²) in [5.41, 5.74) is 6.73. The van der Waals surface area contributed by atoms with Gasteiger partial charge in [0.1, 0.15) is 0 Å². The molecule has 0 radical (unpaired) electrons. The third kappa shape index (κ3) is 3.43. The Balaban J connectivity index is 1.79. The smallest absolute Gasteiger partial charge is 0.0659 e. The predicted molar refractivity (Wildman–Crippen MR) is 71.0 cm³/mol. The van der Waals surface area contributed by atoms with Crippen LogP contribution in [0.5, 0.6) is 0 Å². The molecule has 0 saturated carbocycles. The number of hydrogen-bond acceptors (Lipinski definition) is 3. The summed E-state index contributed by atoms with van der Waals surface area (Å²) in [6.07, 6.45) is 3.66. The lowest BCUT2D eigenvalue weighted by Crippen LogP contribution is -2.53. The summed E-state index contributed by atoms with van der Waals surface area (Å²) in [7, 11) is 0. The fourth-order valence-corrected chi connectivity index (χ4v) is 3.15. The Morgan fingerprint density at radius 1 is 1.29 bits per heavy atom. The Kier molecular flexibility index (Phi) is 3.81. The summed E-state index contributed by atoms with van der Waals surface area (Å²) < 4.78 is 5.43. The third-order valence-corrected chi connectivity index (χ3v) is 4.48. The van der Waals surface area contributed by atoms with Crippen molar-refractivity contribution in [2.45, 2.75) is 45.6 Å². The molecule has 3 heteroatoms. The summed E-state index contributed by atoms with van der Waals surface area (Å²) in [6, 6.07) is 0. The van der Waals surface area contributed by atoms with Gasteiger partial charge in [0.25, 0.3) is 0 Å². The van der Waals surface area contributed by atoms with E-state index in [9.17, 15) is 0 Å². The zero-order valence-corrected chi connectivity index (χ0v) is 11.7. The highest BCUT2D eigenvalue weighted by atomic mass is 16.5. The Bertz CT molecular complexity index is 245. The average Bonchev–Trinajstić information content (AvgIpc) is 2.64. The van der Waals surface area contributed by atoms with Crippen LogP contribution in [0, 0.1) is 11.3 Å². The van der Waals surface area contributed by atoms with Gasteiger partial charge in [-0.05, 0) is 43.7 Å². The summed E-state index contributed by atoms with van der Waals surface area (Å²) >= 11 is 0. The van der Waals surface area contributed by atoms with Crippen molar-refractivity contribution in [1.29, 1.82) is 0 Å². The van der Waals surface area contributed by atoms with Crippen molar-refractivity contribution in [2.24, 2.45) is 17.1 Å². The summed E-state index contributed by atoms with van der Waals surface area (Å²) in [5.74, 6) is 0.868. The van der Waals surface area contributed by atoms with Crippen molar-refractivity contribution >= 4 is 0 Å². The van der Waals surface area contributed by atoms with E-state index in [2.05, 4.69) is 25.7 Å². The monoisotopic (exact) mass is 240 g/mol. The van der Waals surface area contributed by atoms with Crippen LogP contribution in [0.25, 0.3) is 0 Å². The zero-order chi connectivity index (χ0) is 12.5. The molecule has 0 aromatic carbocycles. The van der Waals surface area contributed by atoms with E-state index in [1.165, 1.54) is 25.9 Å². The van der Waals surface area contributed by atoms with E-state index in [-0.39, 0.29) is 5.54 Å². The maximum absolute atomic E-state index is 6.34. The Morgan fingerprint density at radius 3 is 2.41 bits per heavy atom. The average molecular weight is 240 g/mol. The second-order valence-electron chi connectivity index (χ2n) is 7.08. The Hall–Kier alpha value is -0.120. The molecule has 0 aromatic heterocycles. The Morgan fingerprint density at radius 2 is 1.94 bits per heavy atom. The van der Waals surface area contributed by atoms with Gasteiger partial charge in [0.15, 0.2) is 0 Å². The van der Waals surface area contributed by atoms with Crippen molar-refractivity contribution in [3.63, 3.8) is 0 Å². The highest BCUT2D eigenvalue weighted by Gasteiger charge is 2.35. The first-order valence-corrected chi connectivity index (χ1v) is 6.98. The van der Waals surface area contributed by atoms with Crippen molar-refractivity contribution < 1.29 is 4.74 Å². The van der Waals surface area contributed by atoms with Crippen molar-refractivity contribution in [1.82, 2.24) is 4.90 Å². The fraction of sp³-hybridized carbons (Fsp3) is 1.00. The van der Waals surface area contributed by atoms with E-state index in [0.717, 1.165) is 32.1 Å². The van der Waals surface area contributed by atoms with Crippen LogP contribution >= 0.6 is 0 Å². The number of ether oxygens (including phenoxy) is 1. The van der Waals surface area contributed by atoms with Crippen LogP contribution in [0.4, 0.5) is 0 Å². The van der Waals surface area contributed by atoms with Gasteiger partial charge in [0.2, 0.25) is 0 Å². The molecule has 2 heterocycles. The minimum atomic E-state index is -0.0748. The quantitative estimate of drug-likeness (QED) is 0.801. The maximum Gasteiger partial charge on any atom is 0.0659 e. The molecule has 2 aliphatic rings. The standard InChI is InChI=1S/C14H28N2O/c1-13(2,3)12-4-7-16(8-5-12)10-14(15)6-9-17-11-14/h12H,4-11,15H2,1-3H3. The molecule has 17 heavy (non-hydrogen) atoms. The van der Waals surface area contributed by atoms with E-state index >= 15 is 0 Å². The summed E-state index contributed by atoms with van der Waals surface area (Å²) in [4.78, 5) is 2.54. The van der Waals surface area contributed by atoms with Gasteiger partial charge in [-0.1, -0.05) is 20.8 Å². The van der Waals surface area contributed by atoms with Crippen LogP contribution in [-0.4, -0.2) is 43.3 Å². The minimum absolute atomic E-state index is 0.0748. The first kappa shape index (κ1) is 13.3. The number of nitrogens with zero attached hydrogens (tertiary/aromatic N) is 1. The van der Waals surface area contributed by atoms with Crippen LogP contribution in [-0.2, 0) is 4.74 Å². The molecule has 2 saturated heterocycles.